The van der Waals surface area contributed by atoms with Crippen molar-refractivity contribution in [2.45, 2.75) is 33.6 Å². The maximum absolute atomic E-state index is 11.6. The number of halogens is 1. The Morgan fingerprint density at radius 3 is 2.71 bits per heavy atom. The first kappa shape index (κ1) is 14.0. The average Bonchev–Trinajstić information content (AvgIpc) is 2.28. The van der Waals surface area contributed by atoms with E-state index < -0.39 is 0 Å². The van der Waals surface area contributed by atoms with Gasteiger partial charge in [-0.2, -0.15) is 0 Å². The van der Waals surface area contributed by atoms with Gasteiger partial charge in [0.25, 0.3) is 0 Å². The van der Waals surface area contributed by atoms with Crippen LogP contribution in [0.2, 0.25) is 5.02 Å². The van der Waals surface area contributed by atoms with Crippen molar-refractivity contribution in [1.29, 1.82) is 0 Å². The fourth-order valence-corrected chi connectivity index (χ4v) is 1.65. The van der Waals surface area contributed by atoms with E-state index in [1.54, 1.807) is 11.1 Å². The van der Waals surface area contributed by atoms with Crippen LogP contribution >= 0.6 is 11.6 Å². The minimum absolute atomic E-state index is 0.0407. The van der Waals surface area contributed by atoms with E-state index in [0.717, 1.165) is 30.6 Å². The van der Waals surface area contributed by atoms with Crippen LogP contribution in [0, 0.1) is 6.92 Å². The van der Waals surface area contributed by atoms with Crippen molar-refractivity contribution >= 4 is 23.2 Å². The summed E-state index contributed by atoms with van der Waals surface area (Å²) in [6, 6.07) is 5.61. The molecule has 0 unspecified atom stereocenters. The van der Waals surface area contributed by atoms with Crippen molar-refractivity contribution in [3.05, 3.63) is 28.8 Å². The van der Waals surface area contributed by atoms with Crippen molar-refractivity contribution < 1.29 is 4.79 Å². The van der Waals surface area contributed by atoms with Crippen molar-refractivity contribution in [2.75, 3.05) is 11.6 Å². The summed E-state index contributed by atoms with van der Waals surface area (Å²) >= 11 is 6.06. The Morgan fingerprint density at radius 1 is 1.47 bits per heavy atom. The van der Waals surface area contributed by atoms with Gasteiger partial charge in [0, 0.05) is 18.5 Å². The van der Waals surface area contributed by atoms with Gasteiger partial charge < -0.3 is 0 Å². The third-order valence-corrected chi connectivity index (χ3v) is 2.94. The Hall–Kier alpha value is -1.06. The van der Waals surface area contributed by atoms with Crippen LogP contribution in [0.3, 0.4) is 0 Å². The molecule has 0 aliphatic heterocycles. The fourth-order valence-electron chi connectivity index (χ4n) is 1.47. The zero-order valence-electron chi connectivity index (χ0n) is 10.6. The van der Waals surface area contributed by atoms with Crippen LogP contribution in [0.5, 0.6) is 0 Å². The van der Waals surface area contributed by atoms with Crippen LogP contribution in [-0.4, -0.2) is 12.5 Å². The van der Waals surface area contributed by atoms with Gasteiger partial charge in [-0.3, -0.25) is 4.79 Å². The van der Waals surface area contributed by atoms with Crippen LogP contribution in [0.4, 0.5) is 5.69 Å². The Labute approximate surface area is 108 Å². The Kier molecular flexibility index (Phi) is 5.45. The van der Waals surface area contributed by atoms with Crippen molar-refractivity contribution in [3.8, 4) is 0 Å². The number of aryl methyl sites for hydroxylation is 1. The molecule has 0 aliphatic carbocycles. The fraction of sp³-hybridized carbons (Fsp3) is 0.462. The molecule has 0 atom stereocenters. The number of hydrazine groups is 1. The number of anilines is 1. The highest BCUT2D eigenvalue weighted by Crippen LogP contribution is 2.22. The molecule has 0 heterocycles. The van der Waals surface area contributed by atoms with Gasteiger partial charge >= 0.3 is 0 Å². The molecule has 4 heteroatoms. The predicted octanol–water partition coefficient (Wildman–Crippen LogP) is 3.31. The number of nitrogens with one attached hydrogen (secondary N) is 1. The molecule has 1 amide bonds. The Morgan fingerprint density at radius 2 is 2.18 bits per heavy atom. The van der Waals surface area contributed by atoms with Crippen LogP contribution in [0.15, 0.2) is 18.2 Å². The van der Waals surface area contributed by atoms with Gasteiger partial charge in [0.2, 0.25) is 5.91 Å². The van der Waals surface area contributed by atoms with E-state index in [0.29, 0.717) is 5.02 Å². The van der Waals surface area contributed by atoms with E-state index >= 15 is 0 Å². The van der Waals surface area contributed by atoms with Crippen LogP contribution in [0.1, 0.15) is 32.3 Å². The van der Waals surface area contributed by atoms with Gasteiger partial charge in [0.1, 0.15) is 0 Å². The maximum atomic E-state index is 11.6. The molecule has 0 spiro atoms. The number of carbonyl (C=O) groups is 1. The lowest BCUT2D eigenvalue weighted by molar-refractivity contribution is -0.117. The lowest BCUT2D eigenvalue weighted by Gasteiger charge is -2.22. The second kappa shape index (κ2) is 6.62. The first-order valence-electron chi connectivity index (χ1n) is 5.86. The number of benzene rings is 1. The second-order valence-electron chi connectivity index (χ2n) is 4.05. The van der Waals surface area contributed by atoms with Gasteiger partial charge in [-0.15, -0.1) is 0 Å². The molecule has 1 aromatic rings. The summed E-state index contributed by atoms with van der Waals surface area (Å²) in [5.41, 5.74) is 4.90. The summed E-state index contributed by atoms with van der Waals surface area (Å²) in [6.45, 7) is 6.37. The number of hydrogen-bond acceptors (Lipinski definition) is 2. The average molecular weight is 255 g/mol. The SMILES string of the molecule is CCCCNN(C(C)=O)c1ccc(C)c(Cl)c1. The van der Waals surface area contributed by atoms with Gasteiger partial charge in [-0.05, 0) is 31.0 Å². The molecule has 0 saturated carbocycles. The quantitative estimate of drug-likeness (QED) is 0.646. The number of nitrogens with zero attached hydrogens (tertiary/aromatic N) is 1. The van der Waals surface area contributed by atoms with E-state index in [9.17, 15) is 4.79 Å². The van der Waals surface area contributed by atoms with E-state index in [4.69, 9.17) is 11.6 Å². The summed E-state index contributed by atoms with van der Waals surface area (Å²) < 4.78 is 0. The largest absolute Gasteiger partial charge is 0.273 e. The van der Waals surface area contributed by atoms with Gasteiger partial charge in [-0.1, -0.05) is 31.0 Å². The smallest absolute Gasteiger partial charge is 0.238 e. The highest BCUT2D eigenvalue weighted by atomic mass is 35.5. The highest BCUT2D eigenvalue weighted by molar-refractivity contribution is 6.31. The van der Waals surface area contributed by atoms with E-state index in [1.807, 2.05) is 19.1 Å². The molecule has 1 rings (SSSR count). The summed E-state index contributed by atoms with van der Waals surface area (Å²) in [5.74, 6) is -0.0407. The lowest BCUT2D eigenvalue weighted by atomic mass is 10.2. The molecule has 0 saturated heterocycles. The maximum Gasteiger partial charge on any atom is 0.238 e. The monoisotopic (exact) mass is 254 g/mol. The van der Waals surface area contributed by atoms with Crippen LogP contribution in [0.25, 0.3) is 0 Å². The standard InChI is InChI=1S/C13H19ClN2O/c1-4-5-8-15-16(11(3)17)12-7-6-10(2)13(14)9-12/h6-7,9,15H,4-5,8H2,1-3H3. The number of hydrogen-bond donors (Lipinski definition) is 1. The van der Waals surface area contributed by atoms with Gasteiger partial charge in [-0.25, -0.2) is 10.4 Å². The molecule has 17 heavy (non-hydrogen) atoms. The van der Waals surface area contributed by atoms with Gasteiger partial charge in [0.15, 0.2) is 0 Å². The summed E-state index contributed by atoms with van der Waals surface area (Å²) in [5, 5.41) is 2.21. The number of amides is 1. The van der Waals surface area contributed by atoms with Crippen molar-refractivity contribution in [3.63, 3.8) is 0 Å². The lowest BCUT2D eigenvalue weighted by Crippen LogP contribution is -2.42. The Bertz CT molecular complexity index is 393. The zero-order chi connectivity index (χ0) is 12.8. The molecule has 94 valence electrons. The number of unbranched alkanes of at least 4 members (excludes halogenated alkanes) is 1. The summed E-state index contributed by atoms with van der Waals surface area (Å²) in [4.78, 5) is 11.6. The predicted molar refractivity (Wildman–Crippen MR) is 72.3 cm³/mol. The van der Waals surface area contributed by atoms with Crippen LogP contribution < -0.4 is 10.4 Å². The molecule has 3 nitrogen and oxygen atoms in total. The van der Waals surface area contributed by atoms with Crippen LogP contribution in [-0.2, 0) is 4.79 Å². The molecule has 0 aliphatic rings. The number of rotatable bonds is 5. The normalized spacial score (nSPS) is 10.4. The third kappa shape index (κ3) is 4.02. The molecular formula is C13H19ClN2O. The Balaban J connectivity index is 2.82. The summed E-state index contributed by atoms with van der Waals surface area (Å²) in [7, 11) is 0. The molecule has 1 aromatic carbocycles. The summed E-state index contributed by atoms with van der Waals surface area (Å²) in [6.07, 6.45) is 2.12. The van der Waals surface area contributed by atoms with Gasteiger partial charge in [0.05, 0.1) is 5.69 Å². The molecule has 1 N–H and O–H groups in total. The first-order valence-corrected chi connectivity index (χ1v) is 6.24. The second-order valence-corrected chi connectivity index (χ2v) is 4.46. The minimum atomic E-state index is -0.0407. The van der Waals surface area contributed by atoms with E-state index in [1.165, 1.54) is 6.92 Å². The van der Waals surface area contributed by atoms with Crippen molar-refractivity contribution in [1.82, 2.24) is 5.43 Å². The minimum Gasteiger partial charge on any atom is -0.273 e. The molecular weight excluding hydrogens is 236 g/mol. The first-order chi connectivity index (χ1) is 8.06. The third-order valence-electron chi connectivity index (χ3n) is 2.53. The molecule has 0 bridgehead atoms. The van der Waals surface area contributed by atoms with E-state index in [-0.39, 0.29) is 5.91 Å². The van der Waals surface area contributed by atoms with E-state index in [2.05, 4.69) is 12.3 Å². The topological polar surface area (TPSA) is 32.3 Å². The molecule has 0 fully saturated rings. The van der Waals surface area contributed by atoms with Crippen molar-refractivity contribution in [2.24, 2.45) is 0 Å². The zero-order valence-corrected chi connectivity index (χ0v) is 11.3. The highest BCUT2D eigenvalue weighted by Gasteiger charge is 2.11. The molecule has 0 radical (unpaired) electrons. The molecule has 0 aromatic heterocycles. The number of carbonyl (C=O) groups excluding carboxylic acids is 1.